The van der Waals surface area contributed by atoms with Crippen molar-refractivity contribution in [3.8, 4) is 0 Å². The zero-order valence-electron chi connectivity index (χ0n) is 9.04. The fourth-order valence-corrected chi connectivity index (χ4v) is 1.34. The predicted octanol–water partition coefficient (Wildman–Crippen LogP) is 2.56. The van der Waals surface area contributed by atoms with Gasteiger partial charge in [0.2, 0.25) is 0 Å². The Kier molecular flexibility index (Phi) is 3.92. The highest BCUT2D eigenvalue weighted by Crippen LogP contribution is 2.14. The molecule has 0 saturated heterocycles. The van der Waals surface area contributed by atoms with Gasteiger partial charge in [-0.25, -0.2) is 4.79 Å². The quantitative estimate of drug-likeness (QED) is 0.606. The maximum atomic E-state index is 11.3. The summed E-state index contributed by atoms with van der Waals surface area (Å²) >= 11 is 0. The number of carbonyl (C=O) groups is 1. The van der Waals surface area contributed by atoms with Crippen molar-refractivity contribution in [1.29, 1.82) is 0 Å². The van der Waals surface area contributed by atoms with E-state index in [4.69, 9.17) is 0 Å². The lowest BCUT2D eigenvalue weighted by Crippen LogP contribution is -2.00. The number of esters is 1. The minimum Gasteiger partial charge on any atom is -0.464 e. The van der Waals surface area contributed by atoms with Gasteiger partial charge < -0.3 is 9.72 Å². The molecule has 1 aromatic rings. The summed E-state index contributed by atoms with van der Waals surface area (Å²) in [7, 11) is 1.37. The van der Waals surface area contributed by atoms with Crippen LogP contribution in [0.4, 0.5) is 0 Å². The molecule has 0 amide bonds. The minimum atomic E-state index is -0.344. The molecule has 0 fully saturated rings. The van der Waals surface area contributed by atoms with E-state index in [2.05, 4.69) is 16.3 Å². The van der Waals surface area contributed by atoms with Crippen LogP contribution >= 0.6 is 0 Å². The highest BCUT2D eigenvalue weighted by Gasteiger charge is 2.10. The van der Waals surface area contributed by atoms with Gasteiger partial charge in [0.15, 0.2) is 0 Å². The molecule has 0 spiro atoms. The molecule has 1 aromatic heterocycles. The molecule has 0 atom stereocenters. The van der Waals surface area contributed by atoms with Crippen LogP contribution in [0.1, 0.15) is 28.7 Å². The number of nitrogens with one attached hydrogen (secondary N) is 1. The summed E-state index contributed by atoms with van der Waals surface area (Å²) < 4.78 is 4.64. The number of allylic oxidation sites excluding steroid dienone is 2. The highest BCUT2D eigenvalue weighted by atomic mass is 16.5. The van der Waals surface area contributed by atoms with Gasteiger partial charge in [-0.2, -0.15) is 0 Å². The second kappa shape index (κ2) is 5.20. The molecule has 0 unspecified atom stereocenters. The Balaban J connectivity index is 3.05. The van der Waals surface area contributed by atoms with Crippen LogP contribution in [0.5, 0.6) is 0 Å². The smallest absolute Gasteiger partial charge is 0.354 e. The van der Waals surface area contributed by atoms with Crippen LogP contribution < -0.4 is 0 Å². The van der Waals surface area contributed by atoms with Gasteiger partial charge in [0.1, 0.15) is 5.69 Å². The first-order valence-electron chi connectivity index (χ1n) is 4.82. The number of aromatic nitrogens is 1. The molecule has 1 heterocycles. The van der Waals surface area contributed by atoms with E-state index >= 15 is 0 Å². The molecule has 3 heteroatoms. The number of rotatable bonds is 4. The van der Waals surface area contributed by atoms with Gasteiger partial charge in [0.25, 0.3) is 0 Å². The van der Waals surface area contributed by atoms with E-state index in [1.54, 1.807) is 6.08 Å². The molecule has 0 saturated carbocycles. The molecule has 0 aliphatic heterocycles. The molecule has 15 heavy (non-hydrogen) atoms. The zero-order valence-corrected chi connectivity index (χ0v) is 9.04. The normalized spacial score (nSPS) is 10.5. The van der Waals surface area contributed by atoms with Crippen molar-refractivity contribution >= 4 is 12.0 Å². The molecule has 0 aromatic carbocycles. The summed E-state index contributed by atoms with van der Waals surface area (Å²) in [6.07, 6.45) is 6.27. The predicted molar refractivity (Wildman–Crippen MR) is 60.7 cm³/mol. The van der Waals surface area contributed by atoms with Crippen LogP contribution in [0.15, 0.2) is 24.8 Å². The van der Waals surface area contributed by atoms with E-state index < -0.39 is 0 Å². The van der Waals surface area contributed by atoms with Gasteiger partial charge in [0, 0.05) is 5.69 Å². The number of methoxy groups -OCH3 is 1. The monoisotopic (exact) mass is 205 g/mol. The number of ether oxygens (including phenoxy) is 1. The van der Waals surface area contributed by atoms with Crippen molar-refractivity contribution in [2.75, 3.05) is 7.11 Å². The van der Waals surface area contributed by atoms with Crippen molar-refractivity contribution in [1.82, 2.24) is 4.98 Å². The van der Waals surface area contributed by atoms with Crippen molar-refractivity contribution in [2.45, 2.75) is 13.3 Å². The van der Waals surface area contributed by atoms with E-state index in [-0.39, 0.29) is 5.97 Å². The number of aromatic amines is 1. The summed E-state index contributed by atoms with van der Waals surface area (Å²) in [5.74, 6) is -0.344. The molecule has 1 N–H and O–H groups in total. The number of carbonyl (C=O) groups excluding carboxylic acids is 1. The van der Waals surface area contributed by atoms with Gasteiger partial charge in [-0.1, -0.05) is 25.7 Å². The summed E-state index contributed by atoms with van der Waals surface area (Å²) in [6, 6.07) is 1.81. The molecule has 3 nitrogen and oxygen atoms in total. The first-order chi connectivity index (χ1) is 7.22. The fraction of sp³-hybridized carbons (Fsp3) is 0.250. The Morgan fingerprint density at radius 2 is 2.40 bits per heavy atom. The van der Waals surface area contributed by atoms with Crippen LogP contribution in [0.2, 0.25) is 0 Å². The van der Waals surface area contributed by atoms with Gasteiger partial charge in [0.05, 0.1) is 7.11 Å². The fourth-order valence-electron chi connectivity index (χ4n) is 1.34. The second-order valence-electron chi connectivity index (χ2n) is 3.06. The Morgan fingerprint density at radius 3 is 2.93 bits per heavy atom. The Hall–Kier alpha value is -1.77. The van der Waals surface area contributed by atoms with Crippen molar-refractivity contribution < 1.29 is 9.53 Å². The maximum absolute atomic E-state index is 11.3. The van der Waals surface area contributed by atoms with E-state index in [0.717, 1.165) is 17.7 Å². The lowest BCUT2D eigenvalue weighted by molar-refractivity contribution is 0.0595. The second-order valence-corrected chi connectivity index (χ2v) is 3.06. The molecule has 0 aliphatic rings. The first kappa shape index (κ1) is 11.3. The Morgan fingerprint density at radius 1 is 1.67 bits per heavy atom. The number of hydrogen-bond acceptors (Lipinski definition) is 2. The van der Waals surface area contributed by atoms with Gasteiger partial charge >= 0.3 is 5.97 Å². The van der Waals surface area contributed by atoms with E-state index in [9.17, 15) is 4.79 Å². The number of hydrogen-bond donors (Lipinski definition) is 1. The summed E-state index contributed by atoms with van der Waals surface area (Å²) in [5, 5.41) is 0. The third-order valence-corrected chi connectivity index (χ3v) is 2.12. The average molecular weight is 205 g/mol. The van der Waals surface area contributed by atoms with Crippen LogP contribution in [-0.2, 0) is 11.2 Å². The molecule has 80 valence electrons. The standard InChI is InChI=1S/C12H15NO2/c1-4-6-7-10-9(5-2)8-11(13-10)12(14)15-3/h4,6-8,13H,1,5H2,2-3H3/b7-6-. The van der Waals surface area contributed by atoms with E-state index in [1.807, 2.05) is 25.1 Å². The SMILES string of the molecule is C=C/C=C\c1[nH]c(C(=O)OC)cc1CC. The van der Waals surface area contributed by atoms with Crippen molar-refractivity contribution in [2.24, 2.45) is 0 Å². The molecule has 0 bridgehead atoms. The van der Waals surface area contributed by atoms with Gasteiger partial charge in [-0.05, 0) is 24.1 Å². The third-order valence-electron chi connectivity index (χ3n) is 2.12. The van der Waals surface area contributed by atoms with Crippen LogP contribution in [0.3, 0.4) is 0 Å². The molecule has 0 aliphatic carbocycles. The lowest BCUT2D eigenvalue weighted by Gasteiger charge is -1.93. The van der Waals surface area contributed by atoms with Crippen molar-refractivity contribution in [3.63, 3.8) is 0 Å². The van der Waals surface area contributed by atoms with Crippen LogP contribution in [-0.4, -0.2) is 18.1 Å². The first-order valence-corrected chi connectivity index (χ1v) is 4.82. The highest BCUT2D eigenvalue weighted by molar-refractivity contribution is 5.88. The maximum Gasteiger partial charge on any atom is 0.354 e. The van der Waals surface area contributed by atoms with Gasteiger partial charge in [-0.15, -0.1) is 0 Å². The van der Waals surface area contributed by atoms with Crippen LogP contribution in [0.25, 0.3) is 6.08 Å². The van der Waals surface area contributed by atoms with Gasteiger partial charge in [-0.3, -0.25) is 0 Å². The average Bonchev–Trinajstić information content (AvgIpc) is 2.68. The van der Waals surface area contributed by atoms with E-state index in [1.165, 1.54) is 7.11 Å². The van der Waals surface area contributed by atoms with Crippen molar-refractivity contribution in [3.05, 3.63) is 41.7 Å². The summed E-state index contributed by atoms with van der Waals surface area (Å²) in [4.78, 5) is 14.3. The third kappa shape index (κ3) is 2.59. The molecule has 0 radical (unpaired) electrons. The Labute approximate surface area is 89.5 Å². The number of H-pyrrole nitrogens is 1. The Bertz CT molecular complexity index is 388. The molecular formula is C12H15NO2. The summed E-state index contributed by atoms with van der Waals surface area (Å²) in [6.45, 7) is 5.63. The summed E-state index contributed by atoms with van der Waals surface area (Å²) in [5.41, 5.74) is 2.50. The van der Waals surface area contributed by atoms with E-state index in [0.29, 0.717) is 5.69 Å². The van der Waals surface area contributed by atoms with Crippen LogP contribution in [0, 0.1) is 0 Å². The lowest BCUT2D eigenvalue weighted by atomic mass is 10.2. The molecular weight excluding hydrogens is 190 g/mol. The topological polar surface area (TPSA) is 42.1 Å². The molecule has 1 rings (SSSR count). The zero-order chi connectivity index (χ0) is 11.3. The minimum absolute atomic E-state index is 0.344. The number of aryl methyl sites for hydroxylation is 1. The largest absolute Gasteiger partial charge is 0.464 e.